The first kappa shape index (κ1) is 23.1. The van der Waals surface area contributed by atoms with E-state index in [0.29, 0.717) is 77.2 Å². The number of fused-ring (bicyclic) bond motifs is 1. The van der Waals surface area contributed by atoms with Crippen molar-refractivity contribution in [2.24, 2.45) is 0 Å². The third kappa shape index (κ3) is 4.63. The number of hydrogen-bond donors (Lipinski definition) is 0. The van der Waals surface area contributed by atoms with Gasteiger partial charge in [0.15, 0.2) is 11.5 Å². The highest BCUT2D eigenvalue weighted by molar-refractivity contribution is 7.89. The number of sulfonamides is 1. The SMILES string of the molecule is O=C([C@H](c1ccccc1)N1CCN(S(=O)(=O)c2ccc3c(c2)OCCO3)CC1)N1CCOCC1. The number of ether oxygens (including phenoxy) is 3. The van der Waals surface area contributed by atoms with E-state index in [-0.39, 0.29) is 10.8 Å². The summed E-state index contributed by atoms with van der Waals surface area (Å²) in [6.45, 7) is 4.58. The van der Waals surface area contributed by atoms with Gasteiger partial charge in [-0.1, -0.05) is 30.3 Å². The van der Waals surface area contributed by atoms with Crippen LogP contribution in [0.1, 0.15) is 11.6 Å². The van der Waals surface area contributed by atoms with Gasteiger partial charge in [0.25, 0.3) is 0 Å². The Morgan fingerprint density at radius 3 is 2.18 bits per heavy atom. The number of benzene rings is 2. The highest BCUT2D eigenvalue weighted by Crippen LogP contribution is 2.34. The van der Waals surface area contributed by atoms with E-state index in [1.807, 2.05) is 35.2 Å². The fourth-order valence-corrected chi connectivity index (χ4v) is 6.08. The van der Waals surface area contributed by atoms with Crippen LogP contribution in [0.5, 0.6) is 11.5 Å². The van der Waals surface area contributed by atoms with Crippen LogP contribution in [0, 0.1) is 0 Å². The molecule has 3 aliphatic heterocycles. The molecule has 10 heteroatoms. The lowest BCUT2D eigenvalue weighted by Gasteiger charge is -2.40. The van der Waals surface area contributed by atoms with Gasteiger partial charge in [-0.3, -0.25) is 9.69 Å². The largest absolute Gasteiger partial charge is 0.486 e. The molecule has 0 unspecified atom stereocenters. The van der Waals surface area contributed by atoms with E-state index >= 15 is 0 Å². The minimum Gasteiger partial charge on any atom is -0.486 e. The molecule has 0 bridgehead atoms. The minimum atomic E-state index is -3.69. The van der Waals surface area contributed by atoms with Crippen LogP contribution in [0.3, 0.4) is 0 Å². The lowest BCUT2D eigenvalue weighted by molar-refractivity contribution is -0.142. The Kier molecular flexibility index (Phi) is 6.73. The second-order valence-electron chi connectivity index (χ2n) is 8.50. The van der Waals surface area contributed by atoms with Gasteiger partial charge < -0.3 is 19.1 Å². The lowest BCUT2D eigenvalue weighted by atomic mass is 10.0. The summed E-state index contributed by atoms with van der Waals surface area (Å²) in [5.41, 5.74) is 0.919. The number of carbonyl (C=O) groups excluding carboxylic acids is 1. The number of rotatable bonds is 5. The topological polar surface area (TPSA) is 88.6 Å². The van der Waals surface area contributed by atoms with Crippen LogP contribution in [-0.2, 0) is 19.6 Å². The summed E-state index contributed by atoms with van der Waals surface area (Å²) in [6.07, 6.45) is 0. The van der Waals surface area contributed by atoms with Crippen molar-refractivity contribution in [2.45, 2.75) is 10.9 Å². The first-order valence-electron chi connectivity index (χ1n) is 11.6. The van der Waals surface area contributed by atoms with Crippen LogP contribution in [0.2, 0.25) is 0 Å². The molecule has 2 aromatic rings. The summed E-state index contributed by atoms with van der Waals surface area (Å²) >= 11 is 0. The molecular formula is C24H29N3O6S. The van der Waals surface area contributed by atoms with Crippen LogP contribution in [-0.4, -0.2) is 94.1 Å². The Morgan fingerprint density at radius 1 is 0.794 bits per heavy atom. The Bertz CT molecular complexity index is 1110. The van der Waals surface area contributed by atoms with Gasteiger partial charge in [0.2, 0.25) is 15.9 Å². The van der Waals surface area contributed by atoms with Crippen LogP contribution in [0.15, 0.2) is 53.4 Å². The first-order valence-corrected chi connectivity index (χ1v) is 13.0. The lowest BCUT2D eigenvalue weighted by Crippen LogP contribution is -2.54. The monoisotopic (exact) mass is 487 g/mol. The molecule has 5 rings (SSSR count). The zero-order valence-corrected chi connectivity index (χ0v) is 19.8. The molecule has 2 fully saturated rings. The molecule has 0 aliphatic carbocycles. The molecular weight excluding hydrogens is 458 g/mol. The fraction of sp³-hybridized carbons (Fsp3) is 0.458. The molecule has 1 atom stereocenters. The molecule has 9 nitrogen and oxygen atoms in total. The Morgan fingerprint density at radius 2 is 1.47 bits per heavy atom. The number of piperazine rings is 1. The highest BCUT2D eigenvalue weighted by Gasteiger charge is 2.36. The molecule has 1 amide bonds. The summed E-state index contributed by atoms with van der Waals surface area (Å²) in [7, 11) is -3.69. The van der Waals surface area contributed by atoms with Crippen LogP contribution >= 0.6 is 0 Å². The zero-order valence-electron chi connectivity index (χ0n) is 19.0. The summed E-state index contributed by atoms with van der Waals surface area (Å²) in [6, 6.07) is 14.0. The zero-order chi connectivity index (χ0) is 23.5. The molecule has 0 aromatic heterocycles. The van der Waals surface area contributed by atoms with E-state index in [9.17, 15) is 13.2 Å². The van der Waals surface area contributed by atoms with Crippen molar-refractivity contribution in [3.63, 3.8) is 0 Å². The van der Waals surface area contributed by atoms with E-state index in [0.717, 1.165) is 5.56 Å². The average Bonchev–Trinajstić information content (AvgIpc) is 2.90. The van der Waals surface area contributed by atoms with Gasteiger partial charge in [-0.25, -0.2) is 8.42 Å². The number of amides is 1. The highest BCUT2D eigenvalue weighted by atomic mass is 32.2. The Balaban J connectivity index is 1.32. The molecule has 0 radical (unpaired) electrons. The number of morpholine rings is 1. The number of carbonyl (C=O) groups is 1. The summed E-state index contributed by atoms with van der Waals surface area (Å²) in [4.78, 5) is 17.6. The molecule has 2 aromatic carbocycles. The summed E-state index contributed by atoms with van der Waals surface area (Å²) in [5, 5.41) is 0. The van der Waals surface area contributed by atoms with Gasteiger partial charge in [0, 0.05) is 45.3 Å². The molecule has 3 heterocycles. The molecule has 182 valence electrons. The van der Waals surface area contributed by atoms with Crippen molar-refractivity contribution in [2.75, 3.05) is 65.7 Å². The van der Waals surface area contributed by atoms with Gasteiger partial charge in [-0.2, -0.15) is 4.31 Å². The number of nitrogens with zero attached hydrogens (tertiary/aromatic N) is 3. The van der Waals surface area contributed by atoms with Crippen molar-refractivity contribution in [3.8, 4) is 11.5 Å². The van der Waals surface area contributed by atoms with Crippen molar-refractivity contribution in [3.05, 3.63) is 54.1 Å². The molecule has 0 N–H and O–H groups in total. The third-order valence-corrected chi connectivity index (χ3v) is 8.36. The van der Waals surface area contributed by atoms with E-state index in [1.54, 1.807) is 12.1 Å². The smallest absolute Gasteiger partial charge is 0.244 e. The van der Waals surface area contributed by atoms with E-state index in [2.05, 4.69) is 4.90 Å². The number of hydrogen-bond acceptors (Lipinski definition) is 7. The van der Waals surface area contributed by atoms with E-state index in [1.165, 1.54) is 10.4 Å². The minimum absolute atomic E-state index is 0.0395. The average molecular weight is 488 g/mol. The molecule has 0 saturated carbocycles. The van der Waals surface area contributed by atoms with Crippen molar-refractivity contribution in [1.82, 2.24) is 14.1 Å². The van der Waals surface area contributed by atoms with E-state index in [4.69, 9.17) is 14.2 Å². The van der Waals surface area contributed by atoms with Crippen LogP contribution in [0.25, 0.3) is 0 Å². The van der Waals surface area contributed by atoms with E-state index < -0.39 is 16.1 Å². The normalized spacial score (nSPS) is 20.6. The third-order valence-electron chi connectivity index (χ3n) is 6.46. The molecule has 2 saturated heterocycles. The van der Waals surface area contributed by atoms with Gasteiger partial charge >= 0.3 is 0 Å². The quantitative estimate of drug-likeness (QED) is 0.629. The Hall–Kier alpha value is -2.66. The second kappa shape index (κ2) is 9.91. The maximum absolute atomic E-state index is 13.5. The van der Waals surface area contributed by atoms with Crippen LogP contribution < -0.4 is 9.47 Å². The van der Waals surface area contributed by atoms with Gasteiger partial charge in [0.05, 0.1) is 18.1 Å². The van der Waals surface area contributed by atoms with Gasteiger partial charge in [0.1, 0.15) is 19.3 Å². The van der Waals surface area contributed by atoms with Gasteiger partial charge in [-0.15, -0.1) is 0 Å². The maximum Gasteiger partial charge on any atom is 0.244 e. The fourth-order valence-electron chi connectivity index (χ4n) is 4.64. The second-order valence-corrected chi connectivity index (χ2v) is 10.4. The van der Waals surface area contributed by atoms with Crippen molar-refractivity contribution >= 4 is 15.9 Å². The summed E-state index contributed by atoms with van der Waals surface area (Å²) < 4.78 is 44.6. The predicted octanol–water partition coefficient (Wildman–Crippen LogP) is 1.36. The molecule has 0 spiro atoms. The molecule has 3 aliphatic rings. The van der Waals surface area contributed by atoms with Gasteiger partial charge in [-0.05, 0) is 17.7 Å². The predicted molar refractivity (Wildman–Crippen MR) is 124 cm³/mol. The summed E-state index contributed by atoms with van der Waals surface area (Å²) in [5.74, 6) is 1.05. The first-order chi connectivity index (χ1) is 16.5. The van der Waals surface area contributed by atoms with Crippen molar-refractivity contribution < 1.29 is 27.4 Å². The maximum atomic E-state index is 13.5. The molecule has 34 heavy (non-hydrogen) atoms. The standard InChI is InChI=1S/C24H29N3O6S/c28-24(26-12-14-31-15-13-26)23(19-4-2-1-3-5-19)25-8-10-27(11-9-25)34(29,30)20-6-7-21-22(18-20)33-17-16-32-21/h1-7,18,23H,8-17H2/t23-/m0/s1. The van der Waals surface area contributed by atoms with Crippen LogP contribution in [0.4, 0.5) is 0 Å². The van der Waals surface area contributed by atoms with Crippen molar-refractivity contribution in [1.29, 1.82) is 0 Å². The Labute approximate surface area is 199 Å².